The lowest BCUT2D eigenvalue weighted by Gasteiger charge is -2.15. The van der Waals surface area contributed by atoms with Crippen LogP contribution in [0.1, 0.15) is 18.4 Å². The third kappa shape index (κ3) is 2.53. The van der Waals surface area contributed by atoms with Crippen molar-refractivity contribution in [3.05, 3.63) is 42.2 Å². The molecule has 1 aliphatic rings. The van der Waals surface area contributed by atoms with Crippen LogP contribution >= 0.6 is 0 Å². The van der Waals surface area contributed by atoms with Gasteiger partial charge in [0.15, 0.2) is 0 Å². The molecular weight excluding hydrogens is 304 g/mol. The summed E-state index contributed by atoms with van der Waals surface area (Å²) in [5.41, 5.74) is -1.94. The molecule has 1 fully saturated rings. The number of alkyl halides is 3. The molecule has 0 aliphatic heterocycles. The van der Waals surface area contributed by atoms with Gasteiger partial charge in [0.05, 0.1) is 29.8 Å². The van der Waals surface area contributed by atoms with Crippen LogP contribution in [0.5, 0.6) is 0 Å². The lowest BCUT2D eigenvalue weighted by Crippen LogP contribution is -2.33. The van der Waals surface area contributed by atoms with Crippen LogP contribution in [-0.2, 0) is 16.5 Å². The van der Waals surface area contributed by atoms with Crippen molar-refractivity contribution >= 4 is 11.6 Å². The van der Waals surface area contributed by atoms with E-state index in [0.29, 0.717) is 19.0 Å². The number of hydrogen-bond donors (Lipinski definition) is 1. The van der Waals surface area contributed by atoms with E-state index in [0.717, 1.165) is 23.1 Å². The molecule has 2 aromatic rings. The van der Waals surface area contributed by atoms with Crippen LogP contribution in [0, 0.1) is 5.82 Å². The van der Waals surface area contributed by atoms with E-state index in [1.165, 1.54) is 6.20 Å². The maximum absolute atomic E-state index is 13.0. The zero-order valence-corrected chi connectivity index (χ0v) is 11.1. The van der Waals surface area contributed by atoms with Crippen molar-refractivity contribution < 1.29 is 22.4 Å². The third-order valence-corrected chi connectivity index (χ3v) is 3.46. The molecule has 1 saturated carbocycles. The number of pyridine rings is 1. The molecule has 116 valence electrons. The predicted octanol–water partition coefficient (Wildman–Crippen LogP) is 2.56. The molecule has 0 aromatic carbocycles. The average Bonchev–Trinajstić information content (AvgIpc) is 3.07. The normalized spacial score (nSPS) is 16.4. The number of carbonyl (C=O) groups is 1. The summed E-state index contributed by atoms with van der Waals surface area (Å²) >= 11 is 0. The molecule has 0 atom stereocenters. The van der Waals surface area contributed by atoms with Gasteiger partial charge in [-0.25, -0.2) is 4.39 Å². The Bertz CT molecular complexity index is 721. The van der Waals surface area contributed by atoms with Crippen LogP contribution in [0.4, 0.5) is 23.2 Å². The monoisotopic (exact) mass is 314 g/mol. The van der Waals surface area contributed by atoms with E-state index in [2.05, 4.69) is 15.4 Å². The van der Waals surface area contributed by atoms with Crippen molar-refractivity contribution in [1.82, 2.24) is 14.8 Å². The van der Waals surface area contributed by atoms with Gasteiger partial charge >= 0.3 is 6.18 Å². The number of anilines is 1. The Balaban J connectivity index is 1.81. The minimum atomic E-state index is -4.52. The minimum Gasteiger partial charge on any atom is -0.323 e. The lowest BCUT2D eigenvalue weighted by molar-refractivity contribution is -0.137. The van der Waals surface area contributed by atoms with Crippen molar-refractivity contribution in [1.29, 1.82) is 0 Å². The fourth-order valence-electron chi connectivity index (χ4n) is 2.11. The van der Waals surface area contributed by atoms with Crippen LogP contribution in [0.2, 0.25) is 0 Å². The lowest BCUT2D eigenvalue weighted by atomic mass is 10.2. The van der Waals surface area contributed by atoms with Gasteiger partial charge in [-0.3, -0.25) is 14.5 Å². The van der Waals surface area contributed by atoms with E-state index in [1.54, 1.807) is 0 Å². The molecule has 2 aromatic heterocycles. The van der Waals surface area contributed by atoms with Gasteiger partial charge in [-0.1, -0.05) is 0 Å². The maximum atomic E-state index is 13.0. The van der Waals surface area contributed by atoms with Gasteiger partial charge < -0.3 is 5.32 Å². The molecule has 0 spiro atoms. The molecule has 1 aliphatic carbocycles. The van der Waals surface area contributed by atoms with Gasteiger partial charge in [-0.15, -0.1) is 0 Å². The average molecular weight is 314 g/mol. The molecule has 0 bridgehead atoms. The van der Waals surface area contributed by atoms with E-state index < -0.39 is 29.0 Å². The molecule has 1 N–H and O–H groups in total. The second kappa shape index (κ2) is 4.79. The van der Waals surface area contributed by atoms with Gasteiger partial charge in [-0.05, 0) is 12.8 Å². The number of hydrogen-bond acceptors (Lipinski definition) is 3. The Labute approximate surface area is 122 Å². The Morgan fingerprint density at radius 2 is 2.00 bits per heavy atom. The first kappa shape index (κ1) is 14.5. The van der Waals surface area contributed by atoms with Gasteiger partial charge in [0.25, 0.3) is 5.91 Å². The smallest absolute Gasteiger partial charge is 0.323 e. The molecule has 0 saturated heterocycles. The van der Waals surface area contributed by atoms with Crippen LogP contribution in [0.15, 0.2) is 30.9 Å². The number of aromatic nitrogens is 3. The van der Waals surface area contributed by atoms with Crippen molar-refractivity contribution in [2.45, 2.75) is 24.6 Å². The molecular formula is C13H10F4N4O. The van der Waals surface area contributed by atoms with E-state index in [1.807, 2.05) is 0 Å². The van der Waals surface area contributed by atoms with Crippen molar-refractivity contribution in [3.63, 3.8) is 0 Å². The quantitative estimate of drug-likeness (QED) is 0.886. The highest BCUT2D eigenvalue weighted by Gasteiger charge is 2.53. The van der Waals surface area contributed by atoms with Gasteiger partial charge in [-0.2, -0.15) is 18.3 Å². The number of amides is 1. The maximum Gasteiger partial charge on any atom is 0.419 e. The summed E-state index contributed by atoms with van der Waals surface area (Å²) in [6, 6.07) is 1.07. The largest absolute Gasteiger partial charge is 0.419 e. The SMILES string of the molecule is O=C(Nc1cncc(F)c1)C1(n2cc(C(F)(F)F)cn2)CC1. The van der Waals surface area contributed by atoms with Gasteiger partial charge in [0.1, 0.15) is 11.4 Å². The van der Waals surface area contributed by atoms with E-state index in [4.69, 9.17) is 0 Å². The summed E-state index contributed by atoms with van der Waals surface area (Å²) in [6.07, 6.45) is -0.0845. The van der Waals surface area contributed by atoms with E-state index in [-0.39, 0.29) is 5.69 Å². The Kier molecular flexibility index (Phi) is 3.15. The Hall–Kier alpha value is -2.45. The number of nitrogens with one attached hydrogen (secondary N) is 1. The van der Waals surface area contributed by atoms with Crippen LogP contribution in [-0.4, -0.2) is 20.7 Å². The fourth-order valence-corrected chi connectivity index (χ4v) is 2.11. The first-order valence-corrected chi connectivity index (χ1v) is 6.36. The summed E-state index contributed by atoms with van der Waals surface area (Å²) in [6.45, 7) is 0. The second-order valence-electron chi connectivity index (χ2n) is 5.05. The minimum absolute atomic E-state index is 0.138. The van der Waals surface area contributed by atoms with Crippen molar-refractivity contribution in [3.8, 4) is 0 Å². The van der Waals surface area contributed by atoms with Crippen molar-refractivity contribution in [2.75, 3.05) is 5.32 Å². The van der Waals surface area contributed by atoms with Gasteiger partial charge in [0.2, 0.25) is 0 Å². The molecule has 1 amide bonds. The van der Waals surface area contributed by atoms with E-state index >= 15 is 0 Å². The molecule has 3 rings (SSSR count). The molecule has 0 unspecified atom stereocenters. The van der Waals surface area contributed by atoms with Crippen molar-refractivity contribution in [2.24, 2.45) is 0 Å². The Morgan fingerprint density at radius 3 is 2.55 bits per heavy atom. The Morgan fingerprint density at radius 1 is 1.27 bits per heavy atom. The summed E-state index contributed by atoms with van der Waals surface area (Å²) in [5, 5.41) is 6.09. The molecule has 22 heavy (non-hydrogen) atoms. The highest BCUT2D eigenvalue weighted by molar-refractivity contribution is 5.98. The molecule has 9 heteroatoms. The standard InChI is InChI=1S/C13H10F4N4O/c14-9-3-10(6-18-5-9)20-11(22)12(1-2-12)21-7-8(4-19-21)13(15,16)17/h3-7H,1-2H2,(H,20,22). The predicted molar refractivity (Wildman–Crippen MR) is 67.3 cm³/mol. The summed E-state index contributed by atoms with van der Waals surface area (Å²) in [4.78, 5) is 15.9. The van der Waals surface area contributed by atoms with Crippen LogP contribution in [0.25, 0.3) is 0 Å². The van der Waals surface area contributed by atoms with E-state index in [9.17, 15) is 22.4 Å². The first-order valence-electron chi connectivity index (χ1n) is 6.36. The second-order valence-corrected chi connectivity index (χ2v) is 5.05. The molecule has 2 heterocycles. The highest BCUT2D eigenvalue weighted by Crippen LogP contribution is 2.45. The van der Waals surface area contributed by atoms with Crippen LogP contribution < -0.4 is 5.32 Å². The molecule has 0 radical (unpaired) electrons. The van der Waals surface area contributed by atoms with Gasteiger partial charge in [0, 0.05) is 12.3 Å². The zero-order valence-electron chi connectivity index (χ0n) is 11.1. The zero-order chi connectivity index (χ0) is 16.0. The molecule has 5 nitrogen and oxygen atoms in total. The fraction of sp³-hybridized carbons (Fsp3) is 0.308. The first-order chi connectivity index (χ1) is 10.3. The number of halogens is 4. The topological polar surface area (TPSA) is 59.8 Å². The van der Waals surface area contributed by atoms with Crippen LogP contribution in [0.3, 0.4) is 0 Å². The summed E-state index contributed by atoms with van der Waals surface area (Å²) in [7, 11) is 0. The highest BCUT2D eigenvalue weighted by atomic mass is 19.4. The third-order valence-electron chi connectivity index (χ3n) is 3.46. The summed E-state index contributed by atoms with van der Waals surface area (Å²) in [5.74, 6) is -1.17. The summed E-state index contributed by atoms with van der Waals surface area (Å²) < 4.78 is 51.8. The number of rotatable bonds is 3. The number of nitrogens with zero attached hydrogens (tertiary/aromatic N) is 3. The number of carbonyl (C=O) groups excluding carboxylic acids is 1.